The average molecular weight is 531 g/mol. The first-order valence-electron chi connectivity index (χ1n) is 11.1. The third kappa shape index (κ3) is 7.45. The molecule has 0 aliphatic carbocycles. The Morgan fingerprint density at radius 2 is 0.656 bits per heavy atom. The highest BCUT2D eigenvalue weighted by Crippen LogP contribution is 2.82. The molecule has 0 aromatic carbocycles. The highest BCUT2D eigenvalue weighted by Gasteiger charge is 2.60. The van der Waals surface area contributed by atoms with Gasteiger partial charge in [-0.25, -0.2) is 0 Å². The highest BCUT2D eigenvalue weighted by molar-refractivity contribution is 7.79. The fourth-order valence-electron chi connectivity index (χ4n) is 4.91. The van der Waals surface area contributed by atoms with E-state index in [-0.39, 0.29) is 4.90 Å². The summed E-state index contributed by atoms with van der Waals surface area (Å²) in [5.41, 5.74) is 0. The van der Waals surface area contributed by atoms with Crippen molar-refractivity contribution in [1.29, 1.82) is 0 Å². The summed E-state index contributed by atoms with van der Waals surface area (Å²) in [6.45, 7) is 2.44. The monoisotopic (exact) mass is 530 g/mol. The van der Waals surface area contributed by atoms with Crippen molar-refractivity contribution < 1.29 is 0 Å². The van der Waals surface area contributed by atoms with Crippen LogP contribution in [0.5, 0.6) is 0 Å². The first kappa shape index (κ1) is 33.4. The summed E-state index contributed by atoms with van der Waals surface area (Å²) in [7, 11) is 34.2. The third-order valence-corrected chi connectivity index (χ3v) is 18.9. The molecule has 0 atom stereocenters. The van der Waals surface area contributed by atoms with Crippen LogP contribution in [-0.4, -0.2) is 160 Å². The molecule has 0 heterocycles. The zero-order valence-electron chi connectivity index (χ0n) is 24.2. The Kier molecular flexibility index (Phi) is 14.8. The Balaban J connectivity index is 7.74. The van der Waals surface area contributed by atoms with Crippen LogP contribution in [0, 0.1) is 0 Å². The van der Waals surface area contributed by atoms with Gasteiger partial charge in [0.2, 0.25) is 0 Å². The first-order chi connectivity index (χ1) is 14.5. The lowest BCUT2D eigenvalue weighted by Gasteiger charge is -2.61. The summed E-state index contributed by atoms with van der Waals surface area (Å²) in [6, 6.07) is 0. The summed E-state index contributed by atoms with van der Waals surface area (Å²) >= 11 is 0. The van der Waals surface area contributed by atoms with Crippen molar-refractivity contribution in [2.45, 2.75) is 23.6 Å². The van der Waals surface area contributed by atoms with E-state index in [1.54, 1.807) is 0 Å². The van der Waals surface area contributed by atoms with E-state index in [1.807, 2.05) is 0 Å². The second kappa shape index (κ2) is 14.2. The van der Waals surface area contributed by atoms with E-state index in [0.717, 1.165) is 6.42 Å². The van der Waals surface area contributed by atoms with Gasteiger partial charge in [-0.3, -0.25) is 37.4 Å². The average Bonchev–Trinajstić information content (AvgIpc) is 2.57. The topological polar surface area (TPSA) is 25.9 Å². The molecule has 0 unspecified atom stereocenters. The highest BCUT2D eigenvalue weighted by atomic mass is 31.2. The van der Waals surface area contributed by atoms with Gasteiger partial charge in [0, 0.05) is 0 Å². The van der Waals surface area contributed by atoms with Crippen molar-refractivity contribution in [3.8, 4) is 0 Å². The van der Waals surface area contributed by atoms with Crippen LogP contribution >= 0.6 is 32.9 Å². The first-order valence-corrected chi connectivity index (χ1v) is 16.2. The molecule has 0 N–H and O–H groups in total. The Hall–Kier alpha value is 1.40. The van der Waals surface area contributed by atoms with Gasteiger partial charge in [0.15, 0.2) is 0 Å². The molecule has 0 saturated carbocycles. The molecule has 12 heteroatoms. The second-order valence-corrected chi connectivity index (χ2v) is 21.8. The van der Waals surface area contributed by atoms with Gasteiger partial charge in [-0.15, -0.1) is 0 Å². The molecule has 0 aliphatic heterocycles. The lowest BCUT2D eigenvalue weighted by Crippen LogP contribution is -2.51. The van der Waals surface area contributed by atoms with Crippen molar-refractivity contribution in [3.05, 3.63) is 0 Å². The maximum Gasteiger partial charge on any atom is 0.0797 e. The summed E-state index contributed by atoms with van der Waals surface area (Å²) in [6.07, 6.45) is 1.13. The van der Waals surface area contributed by atoms with Crippen LogP contribution in [0.4, 0.5) is 0 Å². The predicted molar refractivity (Wildman–Crippen MR) is 154 cm³/mol. The molecule has 8 nitrogen and oxygen atoms in total. The molecule has 0 spiro atoms. The summed E-state index contributed by atoms with van der Waals surface area (Å²) in [5, 5.41) is 0.472. The van der Waals surface area contributed by atoms with Crippen LogP contribution in [0.3, 0.4) is 0 Å². The second-order valence-electron chi connectivity index (χ2n) is 9.60. The van der Waals surface area contributed by atoms with Crippen LogP contribution < -0.4 is 0 Å². The van der Waals surface area contributed by atoms with E-state index >= 15 is 0 Å². The normalized spacial score (nSPS) is 14.4. The van der Waals surface area contributed by atoms with Gasteiger partial charge in [-0.1, -0.05) is 6.92 Å². The fourth-order valence-corrected chi connectivity index (χ4v) is 22.9. The molecule has 0 fully saturated rings. The van der Waals surface area contributed by atoms with Gasteiger partial charge >= 0.3 is 0 Å². The molecule has 0 aromatic heterocycles. The van der Waals surface area contributed by atoms with E-state index in [9.17, 15) is 0 Å². The van der Waals surface area contributed by atoms with Gasteiger partial charge in [-0.05, 0) is 119 Å². The number of nitrogens with zero attached hydrogens (tertiary/aromatic N) is 8. The molecule has 0 saturated heterocycles. The van der Waals surface area contributed by atoms with Crippen molar-refractivity contribution >= 4 is 32.9 Å². The number of hydrogen-bond donors (Lipinski definition) is 0. The van der Waals surface area contributed by atoms with E-state index in [0.29, 0.717) is 5.40 Å². The Bertz CT molecular complexity index is 460. The molecule has 0 aliphatic rings. The number of rotatable bonds is 14. The lowest BCUT2D eigenvalue weighted by atomic mass is 10.3. The van der Waals surface area contributed by atoms with Crippen LogP contribution in [-0.2, 0) is 0 Å². The molecule has 0 amide bonds. The van der Waals surface area contributed by atoms with Crippen molar-refractivity contribution in [2.75, 3.05) is 113 Å². The predicted octanol–water partition coefficient (Wildman–Crippen LogP) is 4.16. The van der Waals surface area contributed by atoms with E-state index < -0.39 is 32.9 Å². The lowest BCUT2D eigenvalue weighted by molar-refractivity contribution is 0.479. The number of hydrogen-bond acceptors (Lipinski definition) is 8. The maximum absolute atomic E-state index is 2.52. The van der Waals surface area contributed by atoms with E-state index in [4.69, 9.17) is 0 Å². The van der Waals surface area contributed by atoms with Crippen LogP contribution in [0.15, 0.2) is 0 Å². The minimum Gasteiger partial charge on any atom is -0.275 e. The molecular formula is C20H54N8P4. The van der Waals surface area contributed by atoms with Crippen molar-refractivity contribution in [1.82, 2.24) is 37.4 Å². The van der Waals surface area contributed by atoms with E-state index in [2.05, 4.69) is 157 Å². The minimum absolute atomic E-state index is 0.0746. The quantitative estimate of drug-likeness (QED) is 0.309. The minimum atomic E-state index is -0.596. The molecule has 0 rings (SSSR count). The third-order valence-electron chi connectivity index (χ3n) is 5.22. The smallest absolute Gasteiger partial charge is 0.0797 e. The summed E-state index contributed by atoms with van der Waals surface area (Å²) < 4.78 is 20.1. The van der Waals surface area contributed by atoms with E-state index in [1.165, 1.54) is 0 Å². The van der Waals surface area contributed by atoms with Crippen molar-refractivity contribution in [3.63, 3.8) is 0 Å². The van der Waals surface area contributed by atoms with Gasteiger partial charge in [-0.2, -0.15) is 0 Å². The zero-order chi connectivity index (χ0) is 25.7. The molecule has 0 aromatic rings. The standard InChI is InChI=1S/C20H54N8P4/c1-18-20(31(25(10)11)26(12)13,32(27(14)15)28(16)17)19(29(21(2)3)22(4)5)30(23(6)7)24(8)9/h19H,18H2,1-17H3. The SMILES string of the molecule is CCC(C(P(N(C)C)N(C)C)P(N(C)C)N(C)C)(P(N(C)C)N(C)C)P(N(C)C)N(C)C. The van der Waals surface area contributed by atoms with Gasteiger partial charge in [0.05, 0.1) is 43.2 Å². The van der Waals surface area contributed by atoms with Crippen molar-refractivity contribution in [2.24, 2.45) is 0 Å². The largest absolute Gasteiger partial charge is 0.275 e. The summed E-state index contributed by atoms with van der Waals surface area (Å²) in [4.78, 5) is 0.0746. The van der Waals surface area contributed by atoms with Crippen LogP contribution in [0.2, 0.25) is 0 Å². The molecular weight excluding hydrogens is 476 g/mol. The Labute approximate surface area is 206 Å². The van der Waals surface area contributed by atoms with Gasteiger partial charge in [0.25, 0.3) is 0 Å². The molecule has 0 bridgehead atoms. The fraction of sp³-hybridized carbons (Fsp3) is 1.00. The molecule has 194 valence electrons. The van der Waals surface area contributed by atoms with Gasteiger partial charge in [0.1, 0.15) is 0 Å². The zero-order valence-corrected chi connectivity index (χ0v) is 27.7. The van der Waals surface area contributed by atoms with Crippen LogP contribution in [0.1, 0.15) is 13.3 Å². The Morgan fingerprint density at radius 3 is 0.781 bits per heavy atom. The Morgan fingerprint density at radius 1 is 0.438 bits per heavy atom. The van der Waals surface area contributed by atoms with Gasteiger partial charge < -0.3 is 0 Å². The maximum atomic E-state index is 2.52. The molecule has 32 heavy (non-hydrogen) atoms. The van der Waals surface area contributed by atoms with Crippen LogP contribution in [0.25, 0.3) is 0 Å². The molecule has 0 radical (unpaired) electrons. The summed E-state index contributed by atoms with van der Waals surface area (Å²) in [5.74, 6) is 0.